The fourth-order valence-electron chi connectivity index (χ4n) is 2.30. The van der Waals surface area contributed by atoms with Crippen LogP contribution in [0.15, 0.2) is 18.2 Å². The summed E-state index contributed by atoms with van der Waals surface area (Å²) in [6.07, 6.45) is -0.966. The maximum atomic E-state index is 13.7. The summed E-state index contributed by atoms with van der Waals surface area (Å²) in [5.74, 6) is -0.518. The molecule has 1 N–H and O–H groups in total. The second-order valence-electron chi connectivity index (χ2n) is 5.01. The Morgan fingerprint density at radius 3 is 2.65 bits per heavy atom. The molecular formula is C14H18ClFN2O2. The van der Waals surface area contributed by atoms with Crippen LogP contribution in [0.25, 0.3) is 0 Å². The lowest BCUT2D eigenvalue weighted by molar-refractivity contribution is -0.141. The van der Waals surface area contributed by atoms with Crippen LogP contribution in [0.4, 0.5) is 4.39 Å². The van der Waals surface area contributed by atoms with Gasteiger partial charge in [0.2, 0.25) is 0 Å². The first-order chi connectivity index (χ1) is 9.47. The summed E-state index contributed by atoms with van der Waals surface area (Å²) in [5.41, 5.74) is 0.563. The van der Waals surface area contributed by atoms with Crippen LogP contribution in [0.3, 0.4) is 0 Å². The predicted molar refractivity (Wildman–Crippen MR) is 74.9 cm³/mol. The van der Waals surface area contributed by atoms with Gasteiger partial charge in [-0.1, -0.05) is 11.6 Å². The number of aliphatic hydroxyl groups excluding tert-OH is 1. The Labute approximate surface area is 122 Å². The van der Waals surface area contributed by atoms with Crippen molar-refractivity contribution in [2.45, 2.75) is 19.6 Å². The number of hydrogen-bond acceptors (Lipinski definition) is 3. The molecule has 1 aliphatic heterocycles. The van der Waals surface area contributed by atoms with E-state index in [0.717, 1.165) is 0 Å². The third kappa shape index (κ3) is 3.69. The Kier molecular flexibility index (Phi) is 4.96. The van der Waals surface area contributed by atoms with Crippen LogP contribution in [-0.4, -0.2) is 53.1 Å². The highest BCUT2D eigenvalue weighted by Gasteiger charge is 2.24. The van der Waals surface area contributed by atoms with E-state index >= 15 is 0 Å². The van der Waals surface area contributed by atoms with Crippen molar-refractivity contribution in [1.82, 2.24) is 9.80 Å². The number of nitrogens with zero attached hydrogens (tertiary/aromatic N) is 2. The van der Waals surface area contributed by atoms with Gasteiger partial charge in [0.25, 0.3) is 5.91 Å². The number of piperazine rings is 1. The SMILES string of the molecule is CC(O)C(=O)N1CCN(Cc2cc(Cl)ccc2F)CC1. The molecule has 1 atom stereocenters. The first kappa shape index (κ1) is 15.2. The Bertz CT molecular complexity index is 488. The number of amides is 1. The third-order valence-electron chi connectivity index (χ3n) is 3.44. The van der Waals surface area contributed by atoms with Gasteiger partial charge in [0, 0.05) is 43.3 Å². The van der Waals surface area contributed by atoms with Gasteiger partial charge in [0.1, 0.15) is 11.9 Å². The van der Waals surface area contributed by atoms with Crippen LogP contribution in [0.2, 0.25) is 5.02 Å². The quantitative estimate of drug-likeness (QED) is 0.920. The highest BCUT2D eigenvalue weighted by atomic mass is 35.5. The van der Waals surface area contributed by atoms with Gasteiger partial charge in [-0.25, -0.2) is 4.39 Å². The second-order valence-corrected chi connectivity index (χ2v) is 5.45. The van der Waals surface area contributed by atoms with Gasteiger partial charge in [-0.05, 0) is 25.1 Å². The first-order valence-corrected chi connectivity index (χ1v) is 6.98. The molecule has 0 aliphatic carbocycles. The van der Waals surface area contributed by atoms with Gasteiger partial charge in [-0.3, -0.25) is 9.69 Å². The minimum atomic E-state index is -0.966. The molecule has 4 nitrogen and oxygen atoms in total. The van der Waals surface area contributed by atoms with Crippen molar-refractivity contribution in [1.29, 1.82) is 0 Å². The number of aliphatic hydroxyl groups is 1. The Balaban J connectivity index is 1.91. The molecule has 0 radical (unpaired) electrons. The highest BCUT2D eigenvalue weighted by molar-refractivity contribution is 6.30. The third-order valence-corrected chi connectivity index (χ3v) is 3.68. The average molecular weight is 301 g/mol. The molecule has 1 saturated heterocycles. The number of hydrogen-bond donors (Lipinski definition) is 1. The van der Waals surface area contributed by atoms with Crippen LogP contribution in [0, 0.1) is 5.82 Å². The fourth-order valence-corrected chi connectivity index (χ4v) is 2.49. The first-order valence-electron chi connectivity index (χ1n) is 6.60. The summed E-state index contributed by atoms with van der Waals surface area (Å²) in [6, 6.07) is 4.52. The van der Waals surface area contributed by atoms with Crippen molar-refractivity contribution in [3.8, 4) is 0 Å². The molecular weight excluding hydrogens is 283 g/mol. The molecule has 2 rings (SSSR count). The van der Waals surface area contributed by atoms with E-state index in [1.165, 1.54) is 19.1 Å². The minimum Gasteiger partial charge on any atom is -0.384 e. The zero-order chi connectivity index (χ0) is 14.7. The van der Waals surface area contributed by atoms with Crippen LogP contribution in [0.5, 0.6) is 0 Å². The molecule has 0 bridgehead atoms. The lowest BCUT2D eigenvalue weighted by Gasteiger charge is -2.35. The van der Waals surface area contributed by atoms with Crippen LogP contribution in [-0.2, 0) is 11.3 Å². The fraction of sp³-hybridized carbons (Fsp3) is 0.500. The van der Waals surface area contributed by atoms with Gasteiger partial charge in [0.05, 0.1) is 0 Å². The Morgan fingerprint density at radius 1 is 1.40 bits per heavy atom. The molecule has 20 heavy (non-hydrogen) atoms. The largest absolute Gasteiger partial charge is 0.384 e. The van der Waals surface area contributed by atoms with E-state index in [2.05, 4.69) is 4.90 Å². The molecule has 1 fully saturated rings. The molecule has 1 amide bonds. The molecule has 1 unspecified atom stereocenters. The smallest absolute Gasteiger partial charge is 0.251 e. The summed E-state index contributed by atoms with van der Waals surface area (Å²) >= 11 is 5.87. The molecule has 1 aromatic rings. The van der Waals surface area contributed by atoms with E-state index in [0.29, 0.717) is 43.3 Å². The second kappa shape index (κ2) is 6.52. The average Bonchev–Trinajstić information content (AvgIpc) is 2.43. The molecule has 0 spiro atoms. The van der Waals surface area contributed by atoms with E-state index < -0.39 is 6.10 Å². The number of carbonyl (C=O) groups excluding carboxylic acids is 1. The molecule has 0 aromatic heterocycles. The maximum Gasteiger partial charge on any atom is 0.251 e. The monoisotopic (exact) mass is 300 g/mol. The van der Waals surface area contributed by atoms with Crippen molar-refractivity contribution < 1.29 is 14.3 Å². The number of halogens is 2. The van der Waals surface area contributed by atoms with E-state index in [4.69, 9.17) is 11.6 Å². The van der Waals surface area contributed by atoms with Crippen molar-refractivity contribution >= 4 is 17.5 Å². The summed E-state index contributed by atoms with van der Waals surface area (Å²) in [5, 5.41) is 9.79. The minimum absolute atomic E-state index is 0.251. The number of rotatable bonds is 3. The molecule has 1 aromatic carbocycles. The lowest BCUT2D eigenvalue weighted by Crippen LogP contribution is -2.50. The van der Waals surface area contributed by atoms with Crippen molar-refractivity contribution in [3.63, 3.8) is 0 Å². The highest BCUT2D eigenvalue weighted by Crippen LogP contribution is 2.17. The van der Waals surface area contributed by atoms with E-state index in [1.54, 1.807) is 11.0 Å². The van der Waals surface area contributed by atoms with Gasteiger partial charge in [-0.2, -0.15) is 0 Å². The summed E-state index contributed by atoms with van der Waals surface area (Å²) in [7, 11) is 0. The van der Waals surface area contributed by atoms with E-state index in [1.807, 2.05) is 0 Å². The molecule has 0 saturated carbocycles. The van der Waals surface area contributed by atoms with Gasteiger partial charge >= 0.3 is 0 Å². The van der Waals surface area contributed by atoms with Crippen LogP contribution < -0.4 is 0 Å². The molecule has 1 heterocycles. The van der Waals surface area contributed by atoms with E-state index in [-0.39, 0.29) is 11.7 Å². The number of benzene rings is 1. The summed E-state index contributed by atoms with van der Waals surface area (Å²) in [4.78, 5) is 15.3. The van der Waals surface area contributed by atoms with Crippen LogP contribution >= 0.6 is 11.6 Å². The zero-order valence-corrected chi connectivity index (χ0v) is 12.1. The van der Waals surface area contributed by atoms with Crippen molar-refractivity contribution in [2.24, 2.45) is 0 Å². The molecule has 6 heteroatoms. The van der Waals surface area contributed by atoms with Crippen molar-refractivity contribution in [3.05, 3.63) is 34.6 Å². The van der Waals surface area contributed by atoms with Gasteiger partial charge < -0.3 is 10.0 Å². The topological polar surface area (TPSA) is 43.8 Å². The standard InChI is InChI=1S/C14H18ClFN2O2/c1-10(19)14(20)18-6-4-17(5-7-18)9-11-8-12(15)2-3-13(11)16/h2-3,8,10,19H,4-7,9H2,1H3. The van der Waals surface area contributed by atoms with Crippen LogP contribution in [0.1, 0.15) is 12.5 Å². The summed E-state index contributed by atoms with van der Waals surface area (Å²) < 4.78 is 13.7. The van der Waals surface area contributed by atoms with Crippen molar-refractivity contribution in [2.75, 3.05) is 26.2 Å². The zero-order valence-electron chi connectivity index (χ0n) is 11.4. The maximum absolute atomic E-state index is 13.7. The van der Waals surface area contributed by atoms with E-state index in [9.17, 15) is 14.3 Å². The Morgan fingerprint density at radius 2 is 2.05 bits per heavy atom. The lowest BCUT2D eigenvalue weighted by atomic mass is 10.2. The Hall–Kier alpha value is -1.17. The molecule has 1 aliphatic rings. The predicted octanol–water partition coefficient (Wildman–Crippen LogP) is 1.50. The normalized spacial score (nSPS) is 18.1. The number of carbonyl (C=O) groups is 1. The molecule has 110 valence electrons. The summed E-state index contributed by atoms with van der Waals surface area (Å²) in [6.45, 7) is 4.35. The van der Waals surface area contributed by atoms with Gasteiger partial charge in [0.15, 0.2) is 0 Å². The van der Waals surface area contributed by atoms with Gasteiger partial charge in [-0.15, -0.1) is 0 Å².